The first-order chi connectivity index (χ1) is 14.5. The van der Waals surface area contributed by atoms with Crippen molar-refractivity contribution in [3.8, 4) is 5.75 Å². The minimum absolute atomic E-state index is 0.00781. The van der Waals surface area contributed by atoms with Crippen molar-refractivity contribution in [1.82, 2.24) is 20.0 Å². The number of benzene rings is 1. The van der Waals surface area contributed by atoms with Crippen LogP contribution in [0.3, 0.4) is 0 Å². The number of hydrogen-bond acceptors (Lipinski definition) is 4. The lowest BCUT2D eigenvalue weighted by atomic mass is 9.93. The molecule has 0 bridgehead atoms. The van der Waals surface area contributed by atoms with E-state index in [-0.39, 0.29) is 23.9 Å². The SMILES string of the molecule is COC1CCC(NC(=O)N2CCC(n3ncc4cc(OC(F)F)ccc43)CC2)CC1. The number of urea groups is 1. The highest BCUT2D eigenvalue weighted by Crippen LogP contribution is 2.29. The molecule has 4 rings (SSSR count). The molecule has 0 spiro atoms. The van der Waals surface area contributed by atoms with Gasteiger partial charge < -0.3 is 19.7 Å². The Hall–Kier alpha value is -2.42. The minimum Gasteiger partial charge on any atom is -0.435 e. The fourth-order valence-electron chi connectivity index (χ4n) is 4.52. The monoisotopic (exact) mass is 422 g/mol. The molecule has 7 nitrogen and oxygen atoms in total. The van der Waals surface area contributed by atoms with Crippen molar-refractivity contribution < 1.29 is 23.0 Å². The second-order valence-electron chi connectivity index (χ2n) is 8.07. The third-order valence-electron chi connectivity index (χ3n) is 6.22. The number of aromatic nitrogens is 2. The standard InChI is InChI=1S/C21H28F2N4O3/c1-29-17-4-2-15(3-5-17)25-21(28)26-10-8-16(9-11-26)27-19-7-6-18(30-20(22)23)12-14(19)13-24-27/h6-7,12-13,15-17,20H,2-5,8-11H2,1H3,(H,25,28). The summed E-state index contributed by atoms with van der Waals surface area (Å²) in [6.07, 6.45) is 7.47. The summed E-state index contributed by atoms with van der Waals surface area (Å²) in [5, 5.41) is 8.39. The predicted octanol–water partition coefficient (Wildman–Crippen LogP) is 3.94. The molecule has 0 unspecified atom stereocenters. The number of ether oxygens (including phenoxy) is 2. The summed E-state index contributed by atoms with van der Waals surface area (Å²) in [4.78, 5) is 14.5. The lowest BCUT2D eigenvalue weighted by Gasteiger charge is -2.35. The largest absolute Gasteiger partial charge is 0.435 e. The van der Waals surface area contributed by atoms with Crippen molar-refractivity contribution in [2.45, 2.75) is 63.3 Å². The topological polar surface area (TPSA) is 68.6 Å². The number of halogens is 2. The van der Waals surface area contributed by atoms with E-state index in [1.165, 1.54) is 6.07 Å². The van der Waals surface area contributed by atoms with Crippen LogP contribution in [0.15, 0.2) is 24.4 Å². The molecule has 2 aromatic rings. The first-order valence-electron chi connectivity index (χ1n) is 10.5. The van der Waals surface area contributed by atoms with Gasteiger partial charge in [0.25, 0.3) is 0 Å². The van der Waals surface area contributed by atoms with Crippen LogP contribution < -0.4 is 10.1 Å². The van der Waals surface area contributed by atoms with Gasteiger partial charge in [-0.05, 0) is 56.7 Å². The molecule has 1 aromatic heterocycles. The molecule has 1 saturated carbocycles. The molecule has 1 N–H and O–H groups in total. The zero-order chi connectivity index (χ0) is 21.1. The molecule has 2 fully saturated rings. The Kier molecular flexibility index (Phi) is 6.36. The highest BCUT2D eigenvalue weighted by molar-refractivity contribution is 5.80. The van der Waals surface area contributed by atoms with E-state index < -0.39 is 6.61 Å². The smallest absolute Gasteiger partial charge is 0.387 e. The Morgan fingerprint density at radius 3 is 2.57 bits per heavy atom. The number of fused-ring (bicyclic) bond motifs is 1. The molecule has 1 aromatic carbocycles. The second kappa shape index (κ2) is 9.16. The predicted molar refractivity (Wildman–Crippen MR) is 108 cm³/mol. The van der Waals surface area contributed by atoms with Gasteiger partial charge in [0.2, 0.25) is 0 Å². The molecular weight excluding hydrogens is 394 g/mol. The van der Waals surface area contributed by atoms with Crippen molar-refractivity contribution in [1.29, 1.82) is 0 Å². The molecule has 0 radical (unpaired) electrons. The molecule has 164 valence electrons. The van der Waals surface area contributed by atoms with E-state index >= 15 is 0 Å². The number of carbonyl (C=O) groups excluding carboxylic acids is 1. The Morgan fingerprint density at radius 2 is 1.90 bits per heavy atom. The van der Waals surface area contributed by atoms with Crippen LogP contribution in [0.4, 0.5) is 13.6 Å². The minimum atomic E-state index is -2.84. The van der Waals surface area contributed by atoms with Crippen LogP contribution in [0.5, 0.6) is 5.75 Å². The number of rotatable bonds is 5. The molecule has 2 heterocycles. The highest BCUT2D eigenvalue weighted by atomic mass is 19.3. The molecule has 1 aliphatic heterocycles. The van der Waals surface area contributed by atoms with Crippen LogP contribution in [0.25, 0.3) is 10.9 Å². The quantitative estimate of drug-likeness (QED) is 0.793. The summed E-state index contributed by atoms with van der Waals surface area (Å²) >= 11 is 0. The van der Waals surface area contributed by atoms with E-state index in [2.05, 4.69) is 15.2 Å². The molecule has 1 aliphatic carbocycles. The van der Waals surface area contributed by atoms with Crippen LogP contribution in [0.2, 0.25) is 0 Å². The van der Waals surface area contributed by atoms with Gasteiger partial charge in [-0.25, -0.2) is 4.79 Å². The van der Waals surface area contributed by atoms with Crippen molar-refractivity contribution >= 4 is 16.9 Å². The van der Waals surface area contributed by atoms with E-state index in [9.17, 15) is 13.6 Å². The lowest BCUT2D eigenvalue weighted by molar-refractivity contribution is -0.0497. The summed E-state index contributed by atoms with van der Waals surface area (Å²) in [7, 11) is 1.74. The van der Waals surface area contributed by atoms with Gasteiger partial charge in [-0.2, -0.15) is 13.9 Å². The number of alkyl halides is 2. The Morgan fingerprint density at radius 1 is 1.17 bits per heavy atom. The fourth-order valence-corrected chi connectivity index (χ4v) is 4.52. The zero-order valence-corrected chi connectivity index (χ0v) is 17.1. The Labute approximate surface area is 174 Å². The van der Waals surface area contributed by atoms with Crippen LogP contribution in [0.1, 0.15) is 44.6 Å². The van der Waals surface area contributed by atoms with Crippen LogP contribution in [0, 0.1) is 0 Å². The van der Waals surface area contributed by atoms with Crippen molar-refractivity contribution in [2.75, 3.05) is 20.2 Å². The molecule has 9 heteroatoms. The summed E-state index contributed by atoms with van der Waals surface area (Å²) in [5.41, 5.74) is 0.884. The van der Waals surface area contributed by atoms with E-state index in [4.69, 9.17) is 4.74 Å². The van der Waals surface area contributed by atoms with Gasteiger partial charge in [0.05, 0.1) is 23.9 Å². The number of likely N-dealkylation sites (tertiary alicyclic amines) is 1. The van der Waals surface area contributed by atoms with E-state index in [0.717, 1.165) is 49.4 Å². The highest BCUT2D eigenvalue weighted by Gasteiger charge is 2.28. The lowest BCUT2D eigenvalue weighted by Crippen LogP contribution is -2.49. The zero-order valence-electron chi connectivity index (χ0n) is 17.1. The van der Waals surface area contributed by atoms with Gasteiger partial charge in [-0.1, -0.05) is 0 Å². The maximum absolute atomic E-state index is 12.6. The summed E-state index contributed by atoms with van der Waals surface area (Å²) in [6.45, 7) is -1.52. The number of piperidine rings is 1. The molecule has 30 heavy (non-hydrogen) atoms. The third-order valence-corrected chi connectivity index (χ3v) is 6.22. The van der Waals surface area contributed by atoms with Gasteiger partial charge in [0.15, 0.2) is 0 Å². The average molecular weight is 422 g/mol. The average Bonchev–Trinajstić information content (AvgIpc) is 3.17. The number of methoxy groups -OCH3 is 1. The number of hydrogen-bond donors (Lipinski definition) is 1. The second-order valence-corrected chi connectivity index (χ2v) is 8.07. The third kappa shape index (κ3) is 4.66. The number of nitrogens with one attached hydrogen (secondary N) is 1. The molecular formula is C21H28F2N4O3. The number of nitrogens with zero attached hydrogens (tertiary/aromatic N) is 3. The number of carbonyl (C=O) groups is 1. The van der Waals surface area contributed by atoms with Gasteiger partial charge >= 0.3 is 12.6 Å². The molecule has 2 aliphatic rings. The van der Waals surface area contributed by atoms with Crippen molar-refractivity contribution in [3.05, 3.63) is 24.4 Å². The van der Waals surface area contributed by atoms with Gasteiger partial charge in [-0.15, -0.1) is 0 Å². The van der Waals surface area contributed by atoms with Crippen molar-refractivity contribution in [3.63, 3.8) is 0 Å². The normalized spacial score (nSPS) is 23.1. The van der Waals surface area contributed by atoms with Gasteiger partial charge in [0.1, 0.15) is 5.75 Å². The van der Waals surface area contributed by atoms with E-state index in [1.807, 2.05) is 9.58 Å². The maximum atomic E-state index is 12.6. The van der Waals surface area contributed by atoms with Crippen LogP contribution in [-0.4, -0.2) is 59.7 Å². The fraction of sp³-hybridized carbons (Fsp3) is 0.619. The van der Waals surface area contributed by atoms with Gasteiger partial charge in [-0.3, -0.25) is 4.68 Å². The Balaban J connectivity index is 1.31. The molecule has 0 atom stereocenters. The molecule has 2 amide bonds. The van der Waals surface area contributed by atoms with E-state index in [0.29, 0.717) is 19.2 Å². The summed E-state index contributed by atoms with van der Waals surface area (Å²) < 4.78 is 36.6. The van der Waals surface area contributed by atoms with Gasteiger partial charge in [0, 0.05) is 31.6 Å². The first-order valence-corrected chi connectivity index (χ1v) is 10.5. The maximum Gasteiger partial charge on any atom is 0.387 e. The van der Waals surface area contributed by atoms with Crippen LogP contribution >= 0.6 is 0 Å². The summed E-state index contributed by atoms with van der Waals surface area (Å²) in [5.74, 6) is 0.128. The van der Waals surface area contributed by atoms with Crippen molar-refractivity contribution in [2.24, 2.45) is 0 Å². The number of amides is 2. The van der Waals surface area contributed by atoms with E-state index in [1.54, 1.807) is 25.4 Å². The first kappa shape index (κ1) is 20.8. The van der Waals surface area contributed by atoms with Crippen LogP contribution in [-0.2, 0) is 4.74 Å². The summed E-state index contributed by atoms with van der Waals surface area (Å²) in [6, 6.07) is 5.27. The molecule has 1 saturated heterocycles. The Bertz CT molecular complexity index is 859.